The first-order chi connectivity index (χ1) is 9.20. The molecule has 1 amide bonds. The Kier molecular flexibility index (Phi) is 5.80. The number of aliphatic carboxylic acids is 1. The number of amides is 1. The Morgan fingerprint density at radius 1 is 1.45 bits per heavy atom. The normalized spacial score (nSPS) is 21.1. The van der Waals surface area contributed by atoms with E-state index >= 15 is 0 Å². The van der Waals surface area contributed by atoms with Gasteiger partial charge in [-0.25, -0.2) is 9.59 Å². The van der Waals surface area contributed by atoms with E-state index in [0.717, 1.165) is 19.4 Å². The average Bonchev–Trinajstić information content (AvgIpc) is 2.34. The van der Waals surface area contributed by atoms with Crippen LogP contribution in [0.1, 0.15) is 40.0 Å². The average molecular weight is 287 g/mol. The molecule has 0 aliphatic carbocycles. The maximum Gasteiger partial charge on any atom is 0.410 e. The van der Waals surface area contributed by atoms with Crippen LogP contribution in [0.15, 0.2) is 0 Å². The molecular formula is C14H25NO5. The summed E-state index contributed by atoms with van der Waals surface area (Å²) in [6.45, 7) is 6.55. The van der Waals surface area contributed by atoms with E-state index in [0.29, 0.717) is 13.0 Å². The van der Waals surface area contributed by atoms with Crippen LogP contribution in [0.2, 0.25) is 0 Å². The maximum atomic E-state index is 12.0. The number of carboxylic acid groups (broad SMARTS) is 1. The summed E-state index contributed by atoms with van der Waals surface area (Å²) in [5.41, 5.74) is -0.637. The molecule has 0 spiro atoms. The molecule has 0 aromatic rings. The summed E-state index contributed by atoms with van der Waals surface area (Å²) in [5, 5.41) is 9.33. The van der Waals surface area contributed by atoms with Gasteiger partial charge in [-0.2, -0.15) is 0 Å². The molecule has 1 saturated heterocycles. The Bertz CT molecular complexity index is 344. The van der Waals surface area contributed by atoms with Crippen LogP contribution in [-0.2, 0) is 14.3 Å². The summed E-state index contributed by atoms with van der Waals surface area (Å²) >= 11 is 0. The van der Waals surface area contributed by atoms with E-state index in [1.165, 1.54) is 11.9 Å². The highest BCUT2D eigenvalue weighted by atomic mass is 16.6. The lowest BCUT2D eigenvalue weighted by Gasteiger charge is -2.31. The molecule has 1 rings (SSSR count). The molecule has 0 unspecified atom stereocenters. The van der Waals surface area contributed by atoms with Crippen LogP contribution in [-0.4, -0.2) is 54.0 Å². The van der Waals surface area contributed by atoms with Gasteiger partial charge in [-0.15, -0.1) is 0 Å². The van der Waals surface area contributed by atoms with E-state index in [4.69, 9.17) is 9.47 Å². The van der Waals surface area contributed by atoms with E-state index in [1.807, 2.05) is 0 Å². The lowest BCUT2D eigenvalue weighted by molar-refractivity contribution is -0.143. The van der Waals surface area contributed by atoms with Crippen LogP contribution in [0, 0.1) is 5.92 Å². The van der Waals surface area contributed by atoms with Gasteiger partial charge in [-0.3, -0.25) is 4.90 Å². The number of hydrogen-bond donors (Lipinski definition) is 1. The van der Waals surface area contributed by atoms with Gasteiger partial charge in [-0.1, -0.05) is 0 Å². The van der Waals surface area contributed by atoms with E-state index < -0.39 is 23.7 Å². The molecule has 1 aliphatic heterocycles. The van der Waals surface area contributed by atoms with Crippen molar-refractivity contribution in [3.05, 3.63) is 0 Å². The predicted octanol–water partition coefficient (Wildman–Crippen LogP) is 2.12. The minimum absolute atomic E-state index is 0.176. The van der Waals surface area contributed by atoms with Gasteiger partial charge < -0.3 is 14.6 Å². The highest BCUT2D eigenvalue weighted by Gasteiger charge is 2.32. The van der Waals surface area contributed by atoms with Crippen molar-refractivity contribution in [2.45, 2.75) is 51.7 Å². The fraction of sp³-hybridized carbons (Fsp3) is 0.857. The molecule has 1 N–H and O–H groups in total. The summed E-state index contributed by atoms with van der Waals surface area (Å²) < 4.78 is 10.6. The van der Waals surface area contributed by atoms with Crippen molar-refractivity contribution in [2.24, 2.45) is 5.92 Å². The van der Waals surface area contributed by atoms with Gasteiger partial charge in [0, 0.05) is 20.3 Å². The van der Waals surface area contributed by atoms with Gasteiger partial charge in [-0.05, 0) is 46.0 Å². The second kappa shape index (κ2) is 6.92. The zero-order valence-corrected chi connectivity index (χ0v) is 12.7. The number of likely N-dealkylation sites (N-methyl/N-ethyl adjacent to an activating group) is 1. The smallest absolute Gasteiger partial charge is 0.410 e. The van der Waals surface area contributed by atoms with E-state index in [9.17, 15) is 14.7 Å². The lowest BCUT2D eigenvalue weighted by Crippen LogP contribution is -2.46. The van der Waals surface area contributed by atoms with Crippen LogP contribution in [0.3, 0.4) is 0 Å². The molecular weight excluding hydrogens is 262 g/mol. The number of carbonyl (C=O) groups is 2. The van der Waals surface area contributed by atoms with Crippen LogP contribution < -0.4 is 0 Å². The van der Waals surface area contributed by atoms with Gasteiger partial charge in [0.15, 0.2) is 0 Å². The first kappa shape index (κ1) is 16.8. The third kappa shape index (κ3) is 5.36. The van der Waals surface area contributed by atoms with Gasteiger partial charge in [0.1, 0.15) is 11.6 Å². The Morgan fingerprint density at radius 3 is 2.55 bits per heavy atom. The molecule has 20 heavy (non-hydrogen) atoms. The molecule has 0 radical (unpaired) electrons. The Balaban J connectivity index is 2.64. The topological polar surface area (TPSA) is 76.1 Å². The van der Waals surface area contributed by atoms with Crippen molar-refractivity contribution in [1.82, 2.24) is 4.90 Å². The third-order valence-electron chi connectivity index (χ3n) is 3.25. The lowest BCUT2D eigenvalue weighted by atomic mass is 9.94. The van der Waals surface area contributed by atoms with E-state index in [-0.39, 0.29) is 5.92 Å². The molecule has 0 aromatic heterocycles. The zero-order valence-electron chi connectivity index (χ0n) is 12.7. The van der Waals surface area contributed by atoms with Gasteiger partial charge >= 0.3 is 12.1 Å². The minimum atomic E-state index is -1.01. The molecule has 6 heteroatoms. The number of carbonyl (C=O) groups excluding carboxylic acids is 1. The predicted molar refractivity (Wildman–Crippen MR) is 73.6 cm³/mol. The maximum absolute atomic E-state index is 12.0. The van der Waals surface area contributed by atoms with Crippen molar-refractivity contribution in [2.75, 3.05) is 20.3 Å². The molecule has 6 nitrogen and oxygen atoms in total. The molecule has 1 heterocycles. The summed E-state index contributed by atoms with van der Waals surface area (Å²) in [6, 6.07) is -0.878. The fourth-order valence-electron chi connectivity index (χ4n) is 2.19. The third-order valence-corrected chi connectivity index (χ3v) is 3.25. The van der Waals surface area contributed by atoms with Crippen molar-refractivity contribution in [3.63, 3.8) is 0 Å². The van der Waals surface area contributed by atoms with Crippen molar-refractivity contribution >= 4 is 12.1 Å². The van der Waals surface area contributed by atoms with Gasteiger partial charge in [0.25, 0.3) is 0 Å². The molecule has 0 bridgehead atoms. The first-order valence-electron chi connectivity index (χ1n) is 6.97. The van der Waals surface area contributed by atoms with Crippen molar-refractivity contribution < 1.29 is 24.2 Å². The second-order valence-electron chi connectivity index (χ2n) is 6.26. The fourth-order valence-corrected chi connectivity index (χ4v) is 2.19. The quantitative estimate of drug-likeness (QED) is 0.857. The summed E-state index contributed by atoms with van der Waals surface area (Å²) in [4.78, 5) is 24.5. The van der Waals surface area contributed by atoms with Crippen LogP contribution in [0.5, 0.6) is 0 Å². The molecule has 1 fully saturated rings. The molecule has 1 aliphatic rings. The van der Waals surface area contributed by atoms with Crippen LogP contribution >= 0.6 is 0 Å². The van der Waals surface area contributed by atoms with E-state index in [1.54, 1.807) is 20.8 Å². The first-order valence-corrected chi connectivity index (χ1v) is 6.97. The Labute approximate surface area is 120 Å². The number of ether oxygens (including phenoxy) is 2. The minimum Gasteiger partial charge on any atom is -0.480 e. The Hall–Kier alpha value is -1.30. The molecule has 0 saturated carbocycles. The van der Waals surface area contributed by atoms with E-state index in [2.05, 4.69) is 0 Å². The molecule has 2 atom stereocenters. The monoisotopic (exact) mass is 287 g/mol. The number of rotatable bonds is 4. The molecule has 0 aromatic carbocycles. The number of hydrogen-bond acceptors (Lipinski definition) is 4. The largest absolute Gasteiger partial charge is 0.480 e. The standard InChI is InChI=1S/C14H25NO5/c1-14(2,3)20-13(18)15(4)11(12(16)17)8-10-6-5-7-19-9-10/h10-11H,5-9H2,1-4H3,(H,16,17)/t10-,11-/m0/s1. The summed E-state index contributed by atoms with van der Waals surface area (Å²) in [6.07, 6.45) is 1.66. The second-order valence-corrected chi connectivity index (χ2v) is 6.26. The Morgan fingerprint density at radius 2 is 2.10 bits per heavy atom. The van der Waals surface area contributed by atoms with Crippen molar-refractivity contribution in [3.8, 4) is 0 Å². The van der Waals surface area contributed by atoms with Crippen molar-refractivity contribution in [1.29, 1.82) is 0 Å². The SMILES string of the molecule is CN(C(=O)OC(C)(C)C)[C@@H](C[C@@H]1CCCOC1)C(=O)O. The molecule has 116 valence electrons. The number of carboxylic acids is 1. The highest BCUT2D eigenvalue weighted by Crippen LogP contribution is 2.22. The van der Waals surface area contributed by atoms with Gasteiger partial charge in [0.05, 0.1) is 0 Å². The zero-order chi connectivity index (χ0) is 15.3. The van der Waals surface area contributed by atoms with Crippen LogP contribution in [0.4, 0.5) is 4.79 Å². The number of nitrogens with zero attached hydrogens (tertiary/aromatic N) is 1. The highest BCUT2D eigenvalue weighted by molar-refractivity contribution is 5.80. The summed E-state index contributed by atoms with van der Waals surface area (Å²) in [7, 11) is 1.47. The summed E-state index contributed by atoms with van der Waals surface area (Å²) in [5.74, 6) is -0.835. The van der Waals surface area contributed by atoms with Crippen LogP contribution in [0.25, 0.3) is 0 Å². The van der Waals surface area contributed by atoms with Gasteiger partial charge in [0.2, 0.25) is 0 Å².